The van der Waals surface area contributed by atoms with Gasteiger partial charge in [-0.3, -0.25) is 4.79 Å². The molecule has 3 nitrogen and oxygen atoms in total. The minimum Gasteiger partial charge on any atom is -0.369 e. The van der Waals surface area contributed by atoms with Crippen LogP contribution in [0.15, 0.2) is 0 Å². The van der Waals surface area contributed by atoms with Crippen molar-refractivity contribution in [2.24, 2.45) is 23.0 Å². The van der Waals surface area contributed by atoms with Crippen LogP contribution in [-0.4, -0.2) is 18.1 Å². The molecule has 1 saturated heterocycles. The summed E-state index contributed by atoms with van der Waals surface area (Å²) in [6.45, 7) is 2.00. The molecule has 0 spiro atoms. The Bertz CT molecular complexity index is 265. The van der Waals surface area contributed by atoms with Crippen molar-refractivity contribution in [2.75, 3.05) is 0 Å². The summed E-state index contributed by atoms with van der Waals surface area (Å²) in [7, 11) is 0. The van der Waals surface area contributed by atoms with E-state index in [-0.39, 0.29) is 11.3 Å². The topological polar surface area (TPSA) is 55.6 Å². The third kappa shape index (κ3) is 0.565. The predicted molar refractivity (Wildman–Crippen MR) is 42.2 cm³/mol. The zero-order valence-electron chi connectivity index (χ0n) is 7.12. The molecule has 5 atom stereocenters. The number of amides is 1. The van der Waals surface area contributed by atoms with Crippen molar-refractivity contribution in [3.05, 3.63) is 0 Å². The van der Waals surface area contributed by atoms with Crippen molar-refractivity contribution in [1.29, 1.82) is 0 Å². The number of hydrogen-bond acceptors (Lipinski definition) is 2. The van der Waals surface area contributed by atoms with Crippen LogP contribution in [-0.2, 0) is 9.53 Å². The fourth-order valence-corrected chi connectivity index (χ4v) is 3.24. The highest BCUT2D eigenvalue weighted by atomic mass is 16.6. The predicted octanol–water partition coefficient (Wildman–Crippen LogP) is 0.285. The fraction of sp³-hybridized carbons (Fsp3) is 0.889. The van der Waals surface area contributed by atoms with Crippen molar-refractivity contribution >= 4 is 5.91 Å². The van der Waals surface area contributed by atoms with Crippen LogP contribution >= 0.6 is 0 Å². The lowest BCUT2D eigenvalue weighted by molar-refractivity contribution is -0.129. The number of nitrogens with two attached hydrogens (primary N) is 1. The van der Waals surface area contributed by atoms with Gasteiger partial charge in [0.25, 0.3) is 0 Å². The van der Waals surface area contributed by atoms with E-state index in [0.717, 1.165) is 12.8 Å². The Morgan fingerprint density at radius 1 is 1.58 bits per heavy atom. The Labute approximate surface area is 71.3 Å². The van der Waals surface area contributed by atoms with Gasteiger partial charge in [0.1, 0.15) is 0 Å². The average Bonchev–Trinajstić information content (AvgIpc) is 2.64. The van der Waals surface area contributed by atoms with Gasteiger partial charge in [0.2, 0.25) is 5.91 Å². The molecule has 1 heterocycles. The normalized spacial score (nSPS) is 60.1. The second-order valence-electron chi connectivity index (χ2n) is 4.65. The van der Waals surface area contributed by atoms with Crippen molar-refractivity contribution < 1.29 is 9.53 Å². The molecule has 2 N–H and O–H groups in total. The monoisotopic (exact) mass is 167 g/mol. The van der Waals surface area contributed by atoms with E-state index in [9.17, 15) is 4.79 Å². The number of rotatable bonds is 1. The molecule has 3 rings (SSSR count). The first-order chi connectivity index (χ1) is 5.63. The van der Waals surface area contributed by atoms with E-state index in [2.05, 4.69) is 0 Å². The van der Waals surface area contributed by atoms with E-state index < -0.39 is 0 Å². The van der Waals surface area contributed by atoms with E-state index in [1.165, 1.54) is 0 Å². The summed E-state index contributed by atoms with van der Waals surface area (Å²) in [5.74, 6) is 0.909. The van der Waals surface area contributed by atoms with Gasteiger partial charge < -0.3 is 10.5 Å². The Morgan fingerprint density at radius 2 is 2.33 bits per heavy atom. The lowest BCUT2D eigenvalue weighted by Crippen LogP contribution is -2.41. The van der Waals surface area contributed by atoms with Crippen LogP contribution in [0.2, 0.25) is 0 Å². The van der Waals surface area contributed by atoms with E-state index in [1.54, 1.807) is 0 Å². The fourth-order valence-electron chi connectivity index (χ4n) is 3.24. The van der Waals surface area contributed by atoms with Crippen molar-refractivity contribution in [2.45, 2.75) is 32.0 Å². The van der Waals surface area contributed by atoms with Crippen LogP contribution in [0.1, 0.15) is 19.8 Å². The standard InChI is InChI=1S/C9H13NO2/c1-9(8(10)11)3-4-2-5(9)7-6(4)12-7/h4-7H,2-3H2,1H3,(H2,10,11). The first-order valence-electron chi connectivity index (χ1n) is 4.58. The smallest absolute Gasteiger partial charge is 0.223 e. The third-order valence-corrected chi connectivity index (χ3v) is 4.05. The largest absolute Gasteiger partial charge is 0.369 e. The van der Waals surface area contributed by atoms with Crippen molar-refractivity contribution in [3.63, 3.8) is 0 Å². The molecule has 1 aliphatic heterocycles. The molecule has 2 bridgehead atoms. The summed E-state index contributed by atoms with van der Waals surface area (Å²) >= 11 is 0. The van der Waals surface area contributed by atoms with Crippen LogP contribution in [0.5, 0.6) is 0 Å². The maximum atomic E-state index is 11.2. The molecule has 3 aliphatic rings. The van der Waals surface area contributed by atoms with Crippen LogP contribution in [0.3, 0.4) is 0 Å². The SMILES string of the molecule is CC1(C(N)=O)CC2CC1C1OC21. The van der Waals surface area contributed by atoms with E-state index in [0.29, 0.717) is 24.0 Å². The van der Waals surface area contributed by atoms with Crippen LogP contribution in [0, 0.1) is 17.3 Å². The summed E-state index contributed by atoms with van der Waals surface area (Å²) in [6, 6.07) is 0. The second-order valence-corrected chi connectivity index (χ2v) is 4.65. The lowest BCUT2D eigenvalue weighted by atomic mass is 9.74. The Morgan fingerprint density at radius 3 is 2.83 bits per heavy atom. The number of epoxide rings is 1. The van der Waals surface area contributed by atoms with Gasteiger partial charge in [-0.1, -0.05) is 6.92 Å². The van der Waals surface area contributed by atoms with Gasteiger partial charge >= 0.3 is 0 Å². The average molecular weight is 167 g/mol. The third-order valence-electron chi connectivity index (χ3n) is 4.05. The molecule has 3 fully saturated rings. The molecular weight excluding hydrogens is 154 g/mol. The summed E-state index contributed by atoms with van der Waals surface area (Å²) in [6.07, 6.45) is 2.98. The molecule has 0 aromatic rings. The Kier molecular flexibility index (Phi) is 0.971. The molecule has 0 aromatic heterocycles. The van der Waals surface area contributed by atoms with Crippen LogP contribution in [0.25, 0.3) is 0 Å². The molecule has 2 saturated carbocycles. The number of primary amides is 1. The zero-order chi connectivity index (χ0) is 8.51. The van der Waals surface area contributed by atoms with Gasteiger partial charge in [-0.15, -0.1) is 0 Å². The zero-order valence-corrected chi connectivity index (χ0v) is 7.12. The maximum absolute atomic E-state index is 11.2. The number of carbonyl (C=O) groups is 1. The first kappa shape index (κ1) is 6.89. The second kappa shape index (κ2) is 1.69. The van der Waals surface area contributed by atoms with E-state index in [4.69, 9.17) is 10.5 Å². The Balaban J connectivity index is 1.96. The van der Waals surface area contributed by atoms with Crippen LogP contribution in [0.4, 0.5) is 0 Å². The molecule has 12 heavy (non-hydrogen) atoms. The van der Waals surface area contributed by atoms with Gasteiger partial charge in [-0.25, -0.2) is 0 Å². The molecular formula is C9H13NO2. The molecule has 66 valence electrons. The number of hydrogen-bond donors (Lipinski definition) is 1. The minimum absolute atomic E-state index is 0.135. The van der Waals surface area contributed by atoms with Gasteiger partial charge in [0.05, 0.1) is 17.6 Å². The van der Waals surface area contributed by atoms with Gasteiger partial charge in [0, 0.05) is 5.92 Å². The molecule has 0 aromatic carbocycles. The number of fused-ring (bicyclic) bond motifs is 5. The summed E-state index contributed by atoms with van der Waals surface area (Å²) in [5, 5.41) is 0. The van der Waals surface area contributed by atoms with Gasteiger partial charge in [-0.05, 0) is 18.8 Å². The summed E-state index contributed by atoms with van der Waals surface area (Å²) in [4.78, 5) is 11.2. The molecule has 1 amide bonds. The molecule has 5 unspecified atom stereocenters. The Hall–Kier alpha value is -0.570. The highest BCUT2D eigenvalue weighted by Crippen LogP contribution is 2.63. The molecule has 0 radical (unpaired) electrons. The van der Waals surface area contributed by atoms with Gasteiger partial charge in [-0.2, -0.15) is 0 Å². The maximum Gasteiger partial charge on any atom is 0.223 e. The van der Waals surface area contributed by atoms with E-state index in [1.807, 2.05) is 6.92 Å². The molecule has 3 heteroatoms. The highest BCUT2D eigenvalue weighted by Gasteiger charge is 2.68. The summed E-state index contributed by atoms with van der Waals surface area (Å²) < 4.78 is 5.48. The summed E-state index contributed by atoms with van der Waals surface area (Å²) in [5.41, 5.74) is 5.14. The quantitative estimate of drug-likeness (QED) is 0.570. The van der Waals surface area contributed by atoms with E-state index >= 15 is 0 Å². The van der Waals surface area contributed by atoms with Crippen molar-refractivity contribution in [1.82, 2.24) is 0 Å². The first-order valence-corrected chi connectivity index (χ1v) is 4.58. The highest BCUT2D eigenvalue weighted by molar-refractivity contribution is 5.81. The lowest BCUT2D eigenvalue weighted by Gasteiger charge is -2.28. The van der Waals surface area contributed by atoms with Crippen molar-refractivity contribution in [3.8, 4) is 0 Å². The minimum atomic E-state index is -0.262. The van der Waals surface area contributed by atoms with Gasteiger partial charge in [0.15, 0.2) is 0 Å². The number of ether oxygens (including phenoxy) is 1. The number of carbonyl (C=O) groups excluding carboxylic acids is 1. The van der Waals surface area contributed by atoms with Crippen LogP contribution < -0.4 is 5.73 Å². The molecule has 2 aliphatic carbocycles.